The lowest BCUT2D eigenvalue weighted by Gasteiger charge is -2.25. The number of halogens is 2. The van der Waals surface area contributed by atoms with Gasteiger partial charge in [-0.3, -0.25) is 4.79 Å². The number of carbonyl (C=O) groups excluding carboxylic acids is 1. The predicted molar refractivity (Wildman–Crippen MR) is 90.9 cm³/mol. The molecule has 1 aromatic carbocycles. The van der Waals surface area contributed by atoms with Gasteiger partial charge in [0.25, 0.3) is 5.91 Å². The van der Waals surface area contributed by atoms with Crippen LogP contribution in [0.15, 0.2) is 18.2 Å². The first kappa shape index (κ1) is 17.5. The molecule has 0 aliphatic carbocycles. The molecule has 1 heterocycles. The van der Waals surface area contributed by atoms with Crippen molar-refractivity contribution in [1.29, 1.82) is 0 Å². The molecule has 1 aromatic rings. The van der Waals surface area contributed by atoms with E-state index in [1.54, 1.807) is 7.11 Å². The Morgan fingerprint density at radius 1 is 1.55 bits per heavy atom. The van der Waals surface area contributed by atoms with Gasteiger partial charge in [-0.2, -0.15) is 0 Å². The van der Waals surface area contributed by atoms with E-state index in [0.717, 1.165) is 40.8 Å². The van der Waals surface area contributed by atoms with Crippen molar-refractivity contribution in [2.75, 3.05) is 27.2 Å². The van der Waals surface area contributed by atoms with Gasteiger partial charge in [0.1, 0.15) is 5.75 Å². The SMILES string of the molecule is CNCC1CCCN1C(=O)c1ccc(OC)cc1I.Cl. The Kier molecular flexibility index (Phi) is 7.05. The number of likely N-dealkylation sites (N-methyl/N-ethyl adjacent to an activating group) is 1. The van der Waals surface area contributed by atoms with E-state index in [1.807, 2.05) is 30.1 Å². The highest BCUT2D eigenvalue weighted by Gasteiger charge is 2.29. The third kappa shape index (κ3) is 3.77. The Morgan fingerprint density at radius 2 is 2.30 bits per heavy atom. The number of rotatable bonds is 4. The molecule has 1 N–H and O–H groups in total. The Balaban J connectivity index is 0.00000200. The Morgan fingerprint density at radius 3 is 2.90 bits per heavy atom. The molecule has 0 spiro atoms. The third-order valence-electron chi connectivity index (χ3n) is 3.48. The molecule has 1 aliphatic heterocycles. The van der Waals surface area contributed by atoms with E-state index in [0.29, 0.717) is 6.04 Å². The van der Waals surface area contributed by atoms with E-state index < -0.39 is 0 Å². The number of nitrogens with zero attached hydrogens (tertiary/aromatic N) is 1. The summed E-state index contributed by atoms with van der Waals surface area (Å²) in [6.45, 7) is 1.71. The molecule has 20 heavy (non-hydrogen) atoms. The monoisotopic (exact) mass is 410 g/mol. The van der Waals surface area contributed by atoms with E-state index in [4.69, 9.17) is 4.74 Å². The summed E-state index contributed by atoms with van der Waals surface area (Å²) in [7, 11) is 3.56. The van der Waals surface area contributed by atoms with Gasteiger partial charge in [-0.1, -0.05) is 0 Å². The Bertz CT molecular complexity index is 470. The van der Waals surface area contributed by atoms with Gasteiger partial charge in [0.15, 0.2) is 0 Å². The molecule has 1 unspecified atom stereocenters. The van der Waals surface area contributed by atoms with Gasteiger partial charge >= 0.3 is 0 Å². The lowest BCUT2D eigenvalue weighted by Crippen LogP contribution is -2.41. The highest BCUT2D eigenvalue weighted by molar-refractivity contribution is 14.1. The molecule has 1 atom stereocenters. The summed E-state index contributed by atoms with van der Waals surface area (Å²) in [4.78, 5) is 14.6. The average molecular weight is 411 g/mol. The molecule has 0 radical (unpaired) electrons. The number of amides is 1. The van der Waals surface area contributed by atoms with Crippen molar-refractivity contribution in [3.05, 3.63) is 27.3 Å². The van der Waals surface area contributed by atoms with Crippen LogP contribution in [-0.4, -0.2) is 44.1 Å². The van der Waals surface area contributed by atoms with Crippen LogP contribution in [0.5, 0.6) is 5.75 Å². The first-order valence-corrected chi connectivity index (χ1v) is 7.54. The quantitative estimate of drug-likeness (QED) is 0.776. The summed E-state index contributed by atoms with van der Waals surface area (Å²) in [5.74, 6) is 0.916. The zero-order chi connectivity index (χ0) is 13.8. The topological polar surface area (TPSA) is 41.6 Å². The molecule has 112 valence electrons. The fourth-order valence-corrected chi connectivity index (χ4v) is 3.22. The van der Waals surface area contributed by atoms with Crippen LogP contribution in [0.25, 0.3) is 0 Å². The highest BCUT2D eigenvalue weighted by Crippen LogP contribution is 2.24. The zero-order valence-electron chi connectivity index (χ0n) is 11.7. The molecule has 0 aromatic heterocycles. The number of hydrogen-bond acceptors (Lipinski definition) is 3. The molecular weight excluding hydrogens is 391 g/mol. The van der Waals surface area contributed by atoms with Gasteiger partial charge in [0, 0.05) is 22.7 Å². The number of hydrogen-bond donors (Lipinski definition) is 1. The minimum Gasteiger partial charge on any atom is -0.497 e. The molecular formula is C14H20ClIN2O2. The fourth-order valence-electron chi connectivity index (χ4n) is 2.50. The first-order valence-electron chi connectivity index (χ1n) is 6.46. The molecule has 2 rings (SSSR count). The number of likely N-dealkylation sites (tertiary alicyclic amines) is 1. The zero-order valence-corrected chi connectivity index (χ0v) is 14.7. The van der Waals surface area contributed by atoms with Crippen LogP contribution in [0.2, 0.25) is 0 Å². The van der Waals surface area contributed by atoms with Crippen molar-refractivity contribution in [1.82, 2.24) is 10.2 Å². The van der Waals surface area contributed by atoms with Gasteiger partial charge in [-0.15, -0.1) is 12.4 Å². The van der Waals surface area contributed by atoms with E-state index in [-0.39, 0.29) is 18.3 Å². The van der Waals surface area contributed by atoms with Crippen LogP contribution in [0, 0.1) is 3.57 Å². The third-order valence-corrected chi connectivity index (χ3v) is 4.38. The van der Waals surface area contributed by atoms with Crippen molar-refractivity contribution < 1.29 is 9.53 Å². The van der Waals surface area contributed by atoms with Gasteiger partial charge in [-0.25, -0.2) is 0 Å². The number of nitrogens with one attached hydrogen (secondary N) is 1. The van der Waals surface area contributed by atoms with E-state index >= 15 is 0 Å². The summed E-state index contributed by atoms with van der Waals surface area (Å²) >= 11 is 2.20. The maximum Gasteiger partial charge on any atom is 0.255 e. The molecule has 1 amide bonds. The summed E-state index contributed by atoms with van der Waals surface area (Å²) in [6.07, 6.45) is 2.17. The highest BCUT2D eigenvalue weighted by atomic mass is 127. The van der Waals surface area contributed by atoms with Crippen LogP contribution in [-0.2, 0) is 0 Å². The van der Waals surface area contributed by atoms with E-state index in [1.165, 1.54) is 0 Å². The van der Waals surface area contributed by atoms with Gasteiger partial charge in [0.05, 0.1) is 12.7 Å². The largest absolute Gasteiger partial charge is 0.497 e. The summed E-state index contributed by atoms with van der Waals surface area (Å²) < 4.78 is 6.12. The standard InChI is InChI=1S/C14H19IN2O2.ClH/c1-16-9-10-4-3-7-17(10)14(18)12-6-5-11(19-2)8-13(12)15;/h5-6,8,10,16H,3-4,7,9H2,1-2H3;1H. The minimum atomic E-state index is 0. The van der Waals surface area contributed by atoms with Crippen molar-refractivity contribution >= 4 is 40.9 Å². The molecule has 6 heteroatoms. The number of carbonyl (C=O) groups is 1. The summed E-state index contributed by atoms with van der Waals surface area (Å²) in [5, 5.41) is 3.16. The molecule has 1 aliphatic rings. The van der Waals surface area contributed by atoms with Crippen LogP contribution in [0.3, 0.4) is 0 Å². The molecule has 0 bridgehead atoms. The molecule has 0 saturated carbocycles. The van der Waals surface area contributed by atoms with Crippen LogP contribution < -0.4 is 10.1 Å². The van der Waals surface area contributed by atoms with Crippen molar-refractivity contribution in [3.8, 4) is 5.75 Å². The second-order valence-electron chi connectivity index (χ2n) is 4.70. The number of benzene rings is 1. The fraction of sp³-hybridized carbons (Fsp3) is 0.500. The molecule has 4 nitrogen and oxygen atoms in total. The summed E-state index contributed by atoms with van der Waals surface area (Å²) in [5.41, 5.74) is 0.768. The van der Waals surface area contributed by atoms with E-state index in [9.17, 15) is 4.79 Å². The average Bonchev–Trinajstić information content (AvgIpc) is 2.86. The maximum absolute atomic E-state index is 12.6. The minimum absolute atomic E-state index is 0. The van der Waals surface area contributed by atoms with Gasteiger partial charge < -0.3 is 15.0 Å². The van der Waals surface area contributed by atoms with E-state index in [2.05, 4.69) is 27.9 Å². The van der Waals surface area contributed by atoms with Crippen LogP contribution in [0.4, 0.5) is 0 Å². The number of ether oxygens (including phenoxy) is 1. The van der Waals surface area contributed by atoms with Crippen molar-refractivity contribution in [3.63, 3.8) is 0 Å². The first-order chi connectivity index (χ1) is 9.17. The van der Waals surface area contributed by atoms with Gasteiger partial charge in [0.2, 0.25) is 0 Å². The van der Waals surface area contributed by atoms with Crippen molar-refractivity contribution in [2.24, 2.45) is 0 Å². The van der Waals surface area contributed by atoms with Gasteiger partial charge in [-0.05, 0) is 60.7 Å². The lowest BCUT2D eigenvalue weighted by molar-refractivity contribution is 0.0736. The predicted octanol–water partition coefficient (Wildman–Crippen LogP) is 2.55. The maximum atomic E-state index is 12.6. The summed E-state index contributed by atoms with van der Waals surface area (Å²) in [6, 6.07) is 5.92. The molecule has 1 saturated heterocycles. The smallest absolute Gasteiger partial charge is 0.255 e. The molecule has 1 fully saturated rings. The Hall–Kier alpha value is -0.530. The number of methoxy groups -OCH3 is 1. The van der Waals surface area contributed by atoms with Crippen LogP contribution >= 0.6 is 35.0 Å². The second kappa shape index (κ2) is 8.05. The Labute approximate surface area is 139 Å². The lowest BCUT2D eigenvalue weighted by atomic mass is 10.1. The normalized spacial score (nSPS) is 17.8. The van der Waals surface area contributed by atoms with Crippen LogP contribution in [0.1, 0.15) is 23.2 Å². The second-order valence-corrected chi connectivity index (χ2v) is 5.86. The van der Waals surface area contributed by atoms with Crippen molar-refractivity contribution in [2.45, 2.75) is 18.9 Å².